The Morgan fingerprint density at radius 1 is 1.24 bits per heavy atom. The highest BCUT2D eigenvalue weighted by molar-refractivity contribution is 9.10. The number of benzene rings is 1. The maximum absolute atomic E-state index is 8.86. The van der Waals surface area contributed by atoms with Gasteiger partial charge in [-0.25, -0.2) is 0 Å². The van der Waals surface area contributed by atoms with Crippen LogP contribution in [0.5, 0.6) is 0 Å². The summed E-state index contributed by atoms with van der Waals surface area (Å²) >= 11 is 3.38. The van der Waals surface area contributed by atoms with Gasteiger partial charge >= 0.3 is 0 Å². The molecule has 0 fully saturated rings. The maximum atomic E-state index is 8.86. The number of rotatable bonds is 3. The second-order valence-electron chi connectivity index (χ2n) is 3.55. The molecule has 0 aliphatic carbocycles. The number of nitriles is 1. The predicted molar refractivity (Wildman–Crippen MR) is 70.4 cm³/mol. The molecule has 0 aliphatic heterocycles. The number of nitrogens with one attached hydrogen (secondary N) is 1. The lowest BCUT2D eigenvalue weighted by Crippen LogP contribution is -1.99. The summed E-state index contributed by atoms with van der Waals surface area (Å²) < 4.78 is 0.897. The standard InChI is InChI=1S/C13H10BrN3/c14-12-5-11(8-15)6-13(7-12)17-9-10-1-3-16-4-2-10/h1-7,17H,9H2. The van der Waals surface area contributed by atoms with Gasteiger partial charge in [0.15, 0.2) is 0 Å². The summed E-state index contributed by atoms with van der Waals surface area (Å²) in [5, 5.41) is 12.1. The van der Waals surface area contributed by atoms with Crippen LogP contribution in [0.15, 0.2) is 47.2 Å². The highest BCUT2D eigenvalue weighted by Gasteiger charge is 1.99. The number of nitrogens with zero attached hydrogens (tertiary/aromatic N) is 2. The van der Waals surface area contributed by atoms with Crippen LogP contribution in [0.4, 0.5) is 5.69 Å². The summed E-state index contributed by atoms with van der Waals surface area (Å²) in [4.78, 5) is 3.96. The molecule has 0 amide bonds. The molecule has 0 unspecified atom stereocenters. The molecule has 1 aromatic heterocycles. The average molecular weight is 288 g/mol. The van der Waals surface area contributed by atoms with Gasteiger partial charge in [-0.05, 0) is 35.9 Å². The summed E-state index contributed by atoms with van der Waals surface area (Å²) in [6.45, 7) is 0.712. The number of hydrogen-bond donors (Lipinski definition) is 1. The Kier molecular flexibility index (Phi) is 3.73. The quantitative estimate of drug-likeness (QED) is 0.942. The van der Waals surface area contributed by atoms with E-state index in [9.17, 15) is 0 Å². The molecule has 0 atom stereocenters. The Hall–Kier alpha value is -1.86. The van der Waals surface area contributed by atoms with Crippen molar-refractivity contribution in [1.82, 2.24) is 4.98 Å². The first kappa shape index (κ1) is 11.6. The fourth-order valence-corrected chi connectivity index (χ4v) is 1.95. The fourth-order valence-electron chi connectivity index (χ4n) is 1.46. The molecule has 84 valence electrons. The Morgan fingerprint density at radius 3 is 2.71 bits per heavy atom. The van der Waals surface area contributed by atoms with Gasteiger partial charge in [0.2, 0.25) is 0 Å². The van der Waals surface area contributed by atoms with Crippen LogP contribution in [0.25, 0.3) is 0 Å². The molecule has 0 saturated carbocycles. The summed E-state index contributed by atoms with van der Waals surface area (Å²) in [5.74, 6) is 0. The van der Waals surface area contributed by atoms with Crippen LogP contribution < -0.4 is 5.32 Å². The van der Waals surface area contributed by atoms with Gasteiger partial charge in [0.1, 0.15) is 0 Å². The monoisotopic (exact) mass is 287 g/mol. The van der Waals surface area contributed by atoms with E-state index in [0.717, 1.165) is 15.7 Å². The second kappa shape index (κ2) is 5.46. The van der Waals surface area contributed by atoms with E-state index in [0.29, 0.717) is 12.1 Å². The van der Waals surface area contributed by atoms with E-state index in [-0.39, 0.29) is 0 Å². The van der Waals surface area contributed by atoms with Gasteiger partial charge in [0, 0.05) is 29.1 Å². The minimum absolute atomic E-state index is 0.636. The van der Waals surface area contributed by atoms with Gasteiger partial charge in [-0.3, -0.25) is 4.98 Å². The van der Waals surface area contributed by atoms with Crippen molar-refractivity contribution in [2.75, 3.05) is 5.32 Å². The minimum atomic E-state index is 0.636. The molecule has 4 heteroatoms. The van der Waals surface area contributed by atoms with Crippen LogP contribution in [0, 0.1) is 11.3 Å². The van der Waals surface area contributed by atoms with E-state index in [2.05, 4.69) is 32.3 Å². The van der Waals surface area contributed by atoms with Crippen LogP contribution in [0.3, 0.4) is 0 Å². The van der Waals surface area contributed by atoms with E-state index in [1.807, 2.05) is 24.3 Å². The third-order valence-corrected chi connectivity index (χ3v) is 2.73. The Balaban J connectivity index is 2.10. The van der Waals surface area contributed by atoms with E-state index in [4.69, 9.17) is 5.26 Å². The first-order chi connectivity index (χ1) is 8.28. The maximum Gasteiger partial charge on any atom is 0.0992 e. The van der Waals surface area contributed by atoms with Gasteiger partial charge in [-0.2, -0.15) is 5.26 Å². The molecular formula is C13H10BrN3. The number of halogens is 1. The summed E-state index contributed by atoms with van der Waals surface area (Å²) in [5.41, 5.74) is 2.71. The van der Waals surface area contributed by atoms with E-state index in [1.54, 1.807) is 18.5 Å². The smallest absolute Gasteiger partial charge is 0.0992 e. The molecule has 0 radical (unpaired) electrons. The lowest BCUT2D eigenvalue weighted by atomic mass is 10.2. The van der Waals surface area contributed by atoms with E-state index in [1.165, 1.54) is 0 Å². The second-order valence-corrected chi connectivity index (χ2v) is 4.47. The zero-order valence-electron chi connectivity index (χ0n) is 9.02. The highest BCUT2D eigenvalue weighted by Crippen LogP contribution is 2.19. The van der Waals surface area contributed by atoms with Gasteiger partial charge in [0.25, 0.3) is 0 Å². The van der Waals surface area contributed by atoms with Crippen LogP contribution in [-0.2, 0) is 6.54 Å². The highest BCUT2D eigenvalue weighted by atomic mass is 79.9. The SMILES string of the molecule is N#Cc1cc(Br)cc(NCc2ccncc2)c1. The van der Waals surface area contributed by atoms with Crippen molar-refractivity contribution in [3.8, 4) is 6.07 Å². The van der Waals surface area contributed by atoms with Gasteiger partial charge in [0.05, 0.1) is 11.6 Å². The zero-order chi connectivity index (χ0) is 12.1. The summed E-state index contributed by atoms with van der Waals surface area (Å²) in [6.07, 6.45) is 3.53. The molecule has 2 aromatic rings. The van der Waals surface area contributed by atoms with Crippen LogP contribution in [-0.4, -0.2) is 4.98 Å². The molecular weight excluding hydrogens is 278 g/mol. The lowest BCUT2D eigenvalue weighted by molar-refractivity contribution is 1.13. The number of aromatic nitrogens is 1. The van der Waals surface area contributed by atoms with Crippen molar-refractivity contribution in [1.29, 1.82) is 5.26 Å². The number of anilines is 1. The van der Waals surface area contributed by atoms with E-state index < -0.39 is 0 Å². The Bertz CT molecular complexity index is 546. The van der Waals surface area contributed by atoms with Crippen molar-refractivity contribution in [2.45, 2.75) is 6.54 Å². The Labute approximate surface area is 108 Å². The van der Waals surface area contributed by atoms with Crippen LogP contribution >= 0.6 is 15.9 Å². The van der Waals surface area contributed by atoms with Gasteiger partial charge in [-0.1, -0.05) is 15.9 Å². The molecule has 17 heavy (non-hydrogen) atoms. The number of pyridine rings is 1. The van der Waals surface area contributed by atoms with Crippen molar-refractivity contribution in [2.24, 2.45) is 0 Å². The summed E-state index contributed by atoms with van der Waals surface area (Å²) in [7, 11) is 0. The average Bonchev–Trinajstić information content (AvgIpc) is 2.37. The molecule has 0 spiro atoms. The van der Waals surface area contributed by atoms with Crippen molar-refractivity contribution < 1.29 is 0 Å². The van der Waals surface area contributed by atoms with Crippen molar-refractivity contribution in [3.05, 3.63) is 58.3 Å². The first-order valence-corrected chi connectivity index (χ1v) is 5.91. The lowest BCUT2D eigenvalue weighted by Gasteiger charge is -2.07. The minimum Gasteiger partial charge on any atom is -0.381 e. The fraction of sp³-hybridized carbons (Fsp3) is 0.0769. The molecule has 0 aliphatic rings. The molecule has 1 aromatic carbocycles. The molecule has 2 rings (SSSR count). The third kappa shape index (κ3) is 3.30. The van der Waals surface area contributed by atoms with Crippen LogP contribution in [0.2, 0.25) is 0 Å². The van der Waals surface area contributed by atoms with Gasteiger partial charge < -0.3 is 5.32 Å². The van der Waals surface area contributed by atoms with Crippen molar-refractivity contribution >= 4 is 21.6 Å². The zero-order valence-corrected chi connectivity index (χ0v) is 10.6. The van der Waals surface area contributed by atoms with E-state index >= 15 is 0 Å². The molecule has 1 heterocycles. The predicted octanol–water partition coefficient (Wildman–Crippen LogP) is 3.33. The first-order valence-electron chi connectivity index (χ1n) is 5.11. The molecule has 1 N–H and O–H groups in total. The molecule has 0 saturated heterocycles. The third-order valence-electron chi connectivity index (χ3n) is 2.27. The topological polar surface area (TPSA) is 48.7 Å². The van der Waals surface area contributed by atoms with Crippen molar-refractivity contribution in [3.63, 3.8) is 0 Å². The number of hydrogen-bond acceptors (Lipinski definition) is 3. The molecule has 0 bridgehead atoms. The largest absolute Gasteiger partial charge is 0.381 e. The van der Waals surface area contributed by atoms with Crippen LogP contribution in [0.1, 0.15) is 11.1 Å². The summed E-state index contributed by atoms with van der Waals surface area (Å²) in [6, 6.07) is 11.6. The Morgan fingerprint density at radius 2 is 2.00 bits per heavy atom. The molecule has 3 nitrogen and oxygen atoms in total. The normalized spacial score (nSPS) is 9.65. The van der Waals surface area contributed by atoms with Gasteiger partial charge in [-0.15, -0.1) is 0 Å².